The number of aldehydes is 1. The molecule has 17 heavy (non-hydrogen) atoms. The van der Waals surface area contributed by atoms with Crippen LogP contribution in [0.1, 0.15) is 25.3 Å². The van der Waals surface area contributed by atoms with Crippen molar-refractivity contribution in [3.63, 3.8) is 0 Å². The Morgan fingerprint density at radius 1 is 1.41 bits per heavy atom. The van der Waals surface area contributed by atoms with Crippen LogP contribution >= 0.6 is 15.9 Å². The van der Waals surface area contributed by atoms with Gasteiger partial charge in [0.25, 0.3) is 10.1 Å². The fraction of sp³-hybridized carbons (Fsp3) is 0.364. The summed E-state index contributed by atoms with van der Waals surface area (Å²) in [4.78, 5) is 10.9. The minimum absolute atomic E-state index is 0.238. The third kappa shape index (κ3) is 3.14. The molecule has 0 heterocycles. The predicted molar refractivity (Wildman–Crippen MR) is 67.8 cm³/mol. The minimum atomic E-state index is -4.33. The lowest BCUT2D eigenvalue weighted by Gasteiger charge is -2.22. The van der Waals surface area contributed by atoms with Crippen molar-refractivity contribution in [2.45, 2.75) is 29.0 Å². The molecule has 0 spiro atoms. The van der Waals surface area contributed by atoms with Crippen molar-refractivity contribution in [1.29, 1.82) is 0 Å². The van der Waals surface area contributed by atoms with Crippen molar-refractivity contribution < 1.29 is 17.8 Å². The highest BCUT2D eigenvalue weighted by atomic mass is 79.9. The van der Waals surface area contributed by atoms with Gasteiger partial charge in [0.2, 0.25) is 0 Å². The Balaban J connectivity index is 3.45. The number of hydrogen-bond acceptors (Lipinski definition) is 3. The van der Waals surface area contributed by atoms with Gasteiger partial charge in [-0.1, -0.05) is 47.5 Å². The number of halogens is 1. The Bertz CT molecular complexity index is 512. The SMILES string of the molecule is CCCC(Br)(C=O)c1ccccc1S(=O)(=O)O. The monoisotopic (exact) mass is 320 g/mol. The fourth-order valence-corrected chi connectivity index (χ4v) is 3.31. The van der Waals surface area contributed by atoms with Gasteiger partial charge < -0.3 is 4.79 Å². The van der Waals surface area contributed by atoms with Crippen LogP contribution in [0.3, 0.4) is 0 Å². The molecule has 1 aromatic rings. The number of alkyl halides is 1. The van der Waals surface area contributed by atoms with Crippen LogP contribution in [-0.4, -0.2) is 19.3 Å². The van der Waals surface area contributed by atoms with Crippen LogP contribution in [0.4, 0.5) is 0 Å². The summed E-state index contributed by atoms with van der Waals surface area (Å²) < 4.78 is 30.5. The first-order valence-electron chi connectivity index (χ1n) is 5.07. The van der Waals surface area contributed by atoms with Gasteiger partial charge >= 0.3 is 0 Å². The van der Waals surface area contributed by atoms with E-state index in [-0.39, 0.29) is 10.5 Å². The molecule has 0 amide bonds. The van der Waals surface area contributed by atoms with Crippen LogP contribution in [0.5, 0.6) is 0 Å². The average molecular weight is 321 g/mol. The predicted octanol–water partition coefficient (Wildman–Crippen LogP) is 2.52. The molecule has 0 aliphatic rings. The first kappa shape index (κ1) is 14.3. The second-order valence-electron chi connectivity index (χ2n) is 3.70. The Hall–Kier alpha value is -0.720. The summed E-state index contributed by atoms with van der Waals surface area (Å²) in [5.41, 5.74) is 0.263. The van der Waals surface area contributed by atoms with Gasteiger partial charge in [0.05, 0.1) is 4.90 Å². The van der Waals surface area contributed by atoms with E-state index >= 15 is 0 Å². The van der Waals surface area contributed by atoms with Crippen LogP contribution in [-0.2, 0) is 19.2 Å². The number of carbonyl (C=O) groups excluding carboxylic acids is 1. The Morgan fingerprint density at radius 3 is 2.47 bits per heavy atom. The van der Waals surface area contributed by atoms with Gasteiger partial charge in [-0.25, -0.2) is 0 Å². The lowest BCUT2D eigenvalue weighted by molar-refractivity contribution is -0.110. The van der Waals surface area contributed by atoms with Gasteiger partial charge in [-0.2, -0.15) is 8.42 Å². The molecule has 1 atom stereocenters. The second-order valence-corrected chi connectivity index (χ2v) is 6.51. The zero-order valence-electron chi connectivity index (χ0n) is 9.26. The molecule has 94 valence electrons. The maximum absolute atomic E-state index is 11.2. The van der Waals surface area contributed by atoms with Gasteiger partial charge in [0.15, 0.2) is 0 Å². The first-order chi connectivity index (χ1) is 7.85. The highest BCUT2D eigenvalue weighted by Gasteiger charge is 2.32. The van der Waals surface area contributed by atoms with E-state index in [1.165, 1.54) is 18.2 Å². The van der Waals surface area contributed by atoms with E-state index in [2.05, 4.69) is 15.9 Å². The van der Waals surface area contributed by atoms with Crippen molar-refractivity contribution in [3.8, 4) is 0 Å². The van der Waals surface area contributed by atoms with E-state index in [9.17, 15) is 13.2 Å². The molecule has 1 aromatic carbocycles. The maximum atomic E-state index is 11.2. The zero-order valence-corrected chi connectivity index (χ0v) is 11.7. The molecule has 4 nitrogen and oxygen atoms in total. The van der Waals surface area contributed by atoms with E-state index < -0.39 is 14.4 Å². The van der Waals surface area contributed by atoms with Crippen LogP contribution in [0, 0.1) is 0 Å². The highest BCUT2D eigenvalue weighted by molar-refractivity contribution is 9.10. The van der Waals surface area contributed by atoms with E-state index in [1.807, 2.05) is 6.92 Å². The summed E-state index contributed by atoms with van der Waals surface area (Å²) in [6, 6.07) is 5.91. The van der Waals surface area contributed by atoms with Crippen LogP contribution in [0.15, 0.2) is 29.2 Å². The summed E-state index contributed by atoms with van der Waals surface area (Å²) in [5.74, 6) is 0. The molecular weight excluding hydrogens is 308 g/mol. The third-order valence-corrected chi connectivity index (χ3v) is 4.34. The van der Waals surface area contributed by atoms with Crippen molar-refractivity contribution in [2.75, 3.05) is 0 Å². The molecule has 0 fully saturated rings. The number of hydrogen-bond donors (Lipinski definition) is 1. The summed E-state index contributed by atoms with van der Waals surface area (Å²) in [5, 5.41) is 0. The van der Waals surface area contributed by atoms with E-state index in [0.29, 0.717) is 19.1 Å². The molecule has 0 aliphatic carbocycles. The lowest BCUT2D eigenvalue weighted by Crippen LogP contribution is -2.22. The van der Waals surface area contributed by atoms with Crippen molar-refractivity contribution in [3.05, 3.63) is 29.8 Å². The molecule has 6 heteroatoms. The molecule has 0 saturated heterocycles. The van der Waals surface area contributed by atoms with Crippen LogP contribution in [0.2, 0.25) is 0 Å². The molecule has 0 aromatic heterocycles. The summed E-state index contributed by atoms with van der Waals surface area (Å²) in [7, 11) is -4.33. The number of rotatable bonds is 5. The largest absolute Gasteiger partial charge is 0.301 e. The fourth-order valence-electron chi connectivity index (χ4n) is 1.66. The summed E-state index contributed by atoms with van der Waals surface area (Å²) >= 11 is 3.25. The lowest BCUT2D eigenvalue weighted by atomic mass is 9.96. The third-order valence-electron chi connectivity index (χ3n) is 2.41. The van der Waals surface area contributed by atoms with E-state index in [0.717, 1.165) is 0 Å². The summed E-state index contributed by atoms with van der Waals surface area (Å²) in [6.07, 6.45) is 1.80. The standard InChI is InChI=1S/C11H13BrO4S/c1-2-7-11(12,8-13)9-5-3-4-6-10(9)17(14,15)16/h3-6,8H,2,7H2,1H3,(H,14,15,16). The number of carbonyl (C=O) groups is 1. The van der Waals surface area contributed by atoms with Gasteiger partial charge in [-0.15, -0.1) is 0 Å². The molecule has 0 saturated carbocycles. The van der Waals surface area contributed by atoms with Crippen LogP contribution < -0.4 is 0 Å². The van der Waals surface area contributed by atoms with Crippen molar-refractivity contribution >= 4 is 32.3 Å². The van der Waals surface area contributed by atoms with Gasteiger partial charge in [0, 0.05) is 0 Å². The Morgan fingerprint density at radius 2 is 2.00 bits per heavy atom. The average Bonchev–Trinajstić information content (AvgIpc) is 2.28. The second kappa shape index (κ2) is 5.29. The molecule has 1 rings (SSSR count). The normalized spacial score (nSPS) is 15.2. The minimum Gasteiger partial charge on any atom is -0.301 e. The Labute approximate surface area is 109 Å². The van der Waals surface area contributed by atoms with E-state index in [1.54, 1.807) is 6.07 Å². The molecule has 0 radical (unpaired) electrons. The first-order valence-corrected chi connectivity index (χ1v) is 7.30. The number of benzene rings is 1. The highest BCUT2D eigenvalue weighted by Crippen LogP contribution is 2.37. The molecule has 0 bridgehead atoms. The maximum Gasteiger partial charge on any atom is 0.294 e. The van der Waals surface area contributed by atoms with Gasteiger partial charge in [-0.3, -0.25) is 4.55 Å². The van der Waals surface area contributed by atoms with Crippen LogP contribution in [0.25, 0.3) is 0 Å². The van der Waals surface area contributed by atoms with Crippen molar-refractivity contribution in [2.24, 2.45) is 0 Å². The topological polar surface area (TPSA) is 71.4 Å². The van der Waals surface area contributed by atoms with Gasteiger partial charge in [-0.05, 0) is 18.1 Å². The quantitative estimate of drug-likeness (QED) is 0.514. The zero-order chi connectivity index (χ0) is 13.1. The smallest absolute Gasteiger partial charge is 0.294 e. The molecule has 0 aliphatic heterocycles. The van der Waals surface area contributed by atoms with Gasteiger partial charge in [0.1, 0.15) is 10.6 Å². The van der Waals surface area contributed by atoms with Crippen molar-refractivity contribution in [1.82, 2.24) is 0 Å². The molecule has 1 N–H and O–H groups in total. The summed E-state index contributed by atoms with van der Waals surface area (Å²) in [6.45, 7) is 1.88. The Kier molecular flexibility index (Phi) is 4.46. The molecule has 1 unspecified atom stereocenters. The van der Waals surface area contributed by atoms with E-state index in [4.69, 9.17) is 4.55 Å². The molecular formula is C11H13BrO4S.